The van der Waals surface area contributed by atoms with E-state index in [1.54, 1.807) is 12.1 Å². The van der Waals surface area contributed by atoms with Gasteiger partial charge in [0.05, 0.1) is 11.1 Å². The van der Waals surface area contributed by atoms with Crippen molar-refractivity contribution in [3.63, 3.8) is 0 Å². The van der Waals surface area contributed by atoms with Gasteiger partial charge in [0.15, 0.2) is 0 Å². The predicted octanol–water partition coefficient (Wildman–Crippen LogP) is 3.77. The highest BCUT2D eigenvalue weighted by atomic mass is 16.4. The molecule has 1 aromatic rings. The van der Waals surface area contributed by atoms with Crippen LogP contribution in [0.5, 0.6) is 0 Å². The van der Waals surface area contributed by atoms with Gasteiger partial charge < -0.3 is 10.2 Å². The van der Waals surface area contributed by atoms with Crippen molar-refractivity contribution in [2.24, 2.45) is 0 Å². The molecule has 0 radical (unpaired) electrons. The van der Waals surface area contributed by atoms with Gasteiger partial charge in [-0.05, 0) is 48.9 Å². The first-order chi connectivity index (χ1) is 9.51. The summed E-state index contributed by atoms with van der Waals surface area (Å²) in [7, 11) is 0. The molecule has 0 saturated carbocycles. The molecule has 0 amide bonds. The Hall–Kier alpha value is -1.84. The van der Waals surface area contributed by atoms with E-state index in [0.29, 0.717) is 0 Å². The first kappa shape index (κ1) is 16.2. The summed E-state index contributed by atoms with van der Waals surface area (Å²) >= 11 is 0. The molecule has 20 heavy (non-hydrogen) atoms. The molecular weight excluding hydrogens is 256 g/mol. The van der Waals surface area contributed by atoms with Crippen molar-refractivity contribution < 1.29 is 19.8 Å². The fraction of sp³-hybridized carbons (Fsp3) is 0.500. The molecule has 0 heterocycles. The number of hydrogen-bond donors (Lipinski definition) is 2. The van der Waals surface area contributed by atoms with Gasteiger partial charge >= 0.3 is 11.9 Å². The zero-order valence-corrected chi connectivity index (χ0v) is 12.1. The lowest BCUT2D eigenvalue weighted by Gasteiger charge is -2.13. The molecule has 0 saturated heterocycles. The van der Waals surface area contributed by atoms with Gasteiger partial charge in [-0.25, -0.2) is 9.59 Å². The highest BCUT2D eigenvalue weighted by Crippen LogP contribution is 2.21. The predicted molar refractivity (Wildman–Crippen MR) is 77.6 cm³/mol. The van der Waals surface area contributed by atoms with Crippen molar-refractivity contribution in [1.29, 1.82) is 0 Å². The number of rotatable bonds is 8. The summed E-state index contributed by atoms with van der Waals surface area (Å²) in [6, 6.07) is 3.10. The molecule has 0 aliphatic heterocycles. The minimum absolute atomic E-state index is 0.108. The van der Waals surface area contributed by atoms with Gasteiger partial charge in [-0.3, -0.25) is 0 Å². The first-order valence-corrected chi connectivity index (χ1v) is 7.13. The Kier molecular flexibility index (Phi) is 6.22. The van der Waals surface area contributed by atoms with Gasteiger partial charge in [-0.2, -0.15) is 0 Å². The average Bonchev–Trinajstić information content (AvgIpc) is 2.42. The van der Waals surface area contributed by atoms with Gasteiger partial charge in [-0.15, -0.1) is 0 Å². The molecule has 4 nitrogen and oxygen atoms in total. The van der Waals surface area contributed by atoms with Crippen molar-refractivity contribution in [3.05, 3.63) is 34.4 Å². The van der Waals surface area contributed by atoms with E-state index in [2.05, 4.69) is 13.8 Å². The van der Waals surface area contributed by atoms with Crippen LogP contribution in [0.3, 0.4) is 0 Å². The fourth-order valence-corrected chi connectivity index (χ4v) is 2.24. The number of carboxylic acid groups (broad SMARTS) is 2. The second-order valence-corrected chi connectivity index (χ2v) is 4.98. The maximum Gasteiger partial charge on any atom is 0.336 e. The summed E-state index contributed by atoms with van der Waals surface area (Å²) < 4.78 is 0. The molecular formula is C16H22O4. The average molecular weight is 278 g/mol. The Bertz CT molecular complexity index is 446. The summed E-state index contributed by atoms with van der Waals surface area (Å²) in [6.07, 6.45) is 5.60. The zero-order valence-electron chi connectivity index (χ0n) is 12.1. The SMILES string of the molecule is CCCCc1cc(C(=O)O)c(C(=O)O)cc1CCCC. The van der Waals surface area contributed by atoms with Crippen LogP contribution in [0.2, 0.25) is 0 Å². The minimum atomic E-state index is -1.18. The van der Waals surface area contributed by atoms with Crippen LogP contribution >= 0.6 is 0 Å². The number of unbranched alkanes of at least 4 members (excludes halogenated alkanes) is 2. The van der Waals surface area contributed by atoms with E-state index in [1.807, 2.05) is 0 Å². The van der Waals surface area contributed by atoms with E-state index < -0.39 is 11.9 Å². The van der Waals surface area contributed by atoms with E-state index in [9.17, 15) is 9.59 Å². The van der Waals surface area contributed by atoms with Crippen molar-refractivity contribution in [2.75, 3.05) is 0 Å². The second-order valence-electron chi connectivity index (χ2n) is 4.98. The molecule has 0 atom stereocenters. The Morgan fingerprint density at radius 3 is 1.45 bits per heavy atom. The Balaban J connectivity index is 3.27. The molecule has 0 aliphatic rings. The Morgan fingerprint density at radius 1 is 0.850 bits per heavy atom. The zero-order chi connectivity index (χ0) is 15.1. The Morgan fingerprint density at radius 2 is 1.20 bits per heavy atom. The molecule has 0 bridgehead atoms. The quantitative estimate of drug-likeness (QED) is 0.759. The number of aryl methyl sites for hydroxylation is 2. The van der Waals surface area contributed by atoms with Gasteiger partial charge in [0.2, 0.25) is 0 Å². The van der Waals surface area contributed by atoms with E-state index >= 15 is 0 Å². The van der Waals surface area contributed by atoms with E-state index in [1.165, 1.54) is 0 Å². The highest BCUT2D eigenvalue weighted by Gasteiger charge is 2.19. The normalized spacial score (nSPS) is 10.5. The number of hydrogen-bond acceptors (Lipinski definition) is 2. The lowest BCUT2D eigenvalue weighted by atomic mass is 9.92. The standard InChI is InChI=1S/C16H22O4/c1-3-5-7-11-9-13(15(17)18)14(16(19)20)10-12(11)8-6-4-2/h9-10H,3-8H2,1-2H3,(H,17,18)(H,19,20). The highest BCUT2D eigenvalue weighted by molar-refractivity contribution is 6.02. The van der Waals surface area contributed by atoms with Crippen LogP contribution in [0.25, 0.3) is 0 Å². The maximum atomic E-state index is 11.2. The molecule has 0 aromatic heterocycles. The second kappa shape index (κ2) is 7.68. The summed E-state index contributed by atoms with van der Waals surface area (Å²) in [5, 5.41) is 18.3. The van der Waals surface area contributed by atoms with Crippen molar-refractivity contribution in [1.82, 2.24) is 0 Å². The maximum absolute atomic E-state index is 11.2. The van der Waals surface area contributed by atoms with Gasteiger partial charge in [0, 0.05) is 0 Å². The molecule has 110 valence electrons. The van der Waals surface area contributed by atoms with E-state index in [4.69, 9.17) is 10.2 Å². The van der Waals surface area contributed by atoms with Crippen LogP contribution in [0.1, 0.15) is 71.4 Å². The molecule has 0 unspecified atom stereocenters. The van der Waals surface area contributed by atoms with Crippen LogP contribution in [0, 0.1) is 0 Å². The molecule has 0 spiro atoms. The Labute approximate surface area is 119 Å². The lowest BCUT2D eigenvalue weighted by Crippen LogP contribution is -2.11. The van der Waals surface area contributed by atoms with Crippen LogP contribution in [0.15, 0.2) is 12.1 Å². The number of carboxylic acids is 2. The number of aromatic carboxylic acids is 2. The molecule has 0 aliphatic carbocycles. The molecule has 4 heteroatoms. The minimum Gasteiger partial charge on any atom is -0.478 e. The van der Waals surface area contributed by atoms with Crippen LogP contribution < -0.4 is 0 Å². The van der Waals surface area contributed by atoms with Crippen molar-refractivity contribution >= 4 is 11.9 Å². The fourth-order valence-electron chi connectivity index (χ4n) is 2.24. The molecule has 1 rings (SSSR count). The monoisotopic (exact) mass is 278 g/mol. The van der Waals surface area contributed by atoms with Crippen LogP contribution in [0.4, 0.5) is 0 Å². The van der Waals surface area contributed by atoms with Gasteiger partial charge in [-0.1, -0.05) is 26.7 Å². The number of carbonyl (C=O) groups is 2. The first-order valence-electron chi connectivity index (χ1n) is 7.13. The van der Waals surface area contributed by atoms with Crippen molar-refractivity contribution in [2.45, 2.75) is 52.4 Å². The largest absolute Gasteiger partial charge is 0.478 e. The lowest BCUT2D eigenvalue weighted by molar-refractivity contribution is 0.0651. The summed E-state index contributed by atoms with van der Waals surface area (Å²) in [5.74, 6) is -2.36. The summed E-state index contributed by atoms with van der Waals surface area (Å²) in [6.45, 7) is 4.16. The van der Waals surface area contributed by atoms with E-state index in [-0.39, 0.29) is 11.1 Å². The van der Waals surface area contributed by atoms with Gasteiger partial charge in [0.1, 0.15) is 0 Å². The summed E-state index contributed by atoms with van der Waals surface area (Å²) in [5.41, 5.74) is 1.73. The van der Waals surface area contributed by atoms with Crippen LogP contribution in [-0.4, -0.2) is 22.2 Å². The molecule has 0 fully saturated rings. The smallest absolute Gasteiger partial charge is 0.336 e. The molecule has 1 aromatic carbocycles. The van der Waals surface area contributed by atoms with Crippen molar-refractivity contribution in [3.8, 4) is 0 Å². The third-order valence-corrected chi connectivity index (χ3v) is 3.40. The van der Waals surface area contributed by atoms with E-state index in [0.717, 1.165) is 49.7 Å². The van der Waals surface area contributed by atoms with Gasteiger partial charge in [0.25, 0.3) is 0 Å². The number of benzene rings is 1. The third kappa shape index (κ3) is 4.08. The molecule has 2 N–H and O–H groups in total. The summed E-state index contributed by atoms with van der Waals surface area (Å²) in [4.78, 5) is 22.4. The van der Waals surface area contributed by atoms with Crippen LogP contribution in [-0.2, 0) is 12.8 Å². The third-order valence-electron chi connectivity index (χ3n) is 3.40. The topological polar surface area (TPSA) is 74.6 Å².